The maximum absolute atomic E-state index is 10.9. The molecule has 2 aromatic carbocycles. The summed E-state index contributed by atoms with van der Waals surface area (Å²) in [4.78, 5) is 13.8. The third-order valence-corrected chi connectivity index (χ3v) is 3.49. The third kappa shape index (κ3) is 2.72. The lowest BCUT2D eigenvalue weighted by molar-refractivity contribution is -0.384. The maximum Gasteiger partial charge on any atom is 0.292 e. The number of H-pyrrole nitrogens is 1. The Hall–Kier alpha value is -2.82. The van der Waals surface area contributed by atoms with Crippen LogP contribution in [0.5, 0.6) is 0 Å². The van der Waals surface area contributed by atoms with Gasteiger partial charge in [0.05, 0.1) is 4.92 Å². The molecule has 0 aliphatic carbocycles. The second-order valence-electron chi connectivity index (χ2n) is 4.81. The van der Waals surface area contributed by atoms with Crippen LogP contribution in [0, 0.1) is 10.1 Å². The first kappa shape index (κ1) is 13.2. The molecule has 0 atom stereocenters. The Morgan fingerprint density at radius 3 is 2.71 bits per heavy atom. The van der Waals surface area contributed by atoms with Gasteiger partial charge in [-0.25, -0.2) is 0 Å². The van der Waals surface area contributed by atoms with Crippen LogP contribution in [0.25, 0.3) is 10.9 Å². The van der Waals surface area contributed by atoms with Crippen molar-refractivity contribution in [2.45, 2.75) is 6.42 Å². The van der Waals surface area contributed by atoms with Crippen molar-refractivity contribution in [1.29, 1.82) is 0 Å². The molecule has 0 radical (unpaired) electrons. The Morgan fingerprint density at radius 2 is 1.86 bits per heavy atom. The lowest BCUT2D eigenvalue weighted by Gasteiger charge is -2.06. The Morgan fingerprint density at radius 1 is 1.10 bits per heavy atom. The number of fused-ring (bicyclic) bond motifs is 1. The summed E-state index contributed by atoms with van der Waals surface area (Å²) in [5, 5.41) is 15.3. The molecule has 0 saturated heterocycles. The van der Waals surface area contributed by atoms with E-state index in [9.17, 15) is 10.1 Å². The zero-order chi connectivity index (χ0) is 14.7. The highest BCUT2D eigenvalue weighted by atomic mass is 16.6. The minimum Gasteiger partial charge on any atom is -0.379 e. The van der Waals surface area contributed by atoms with E-state index in [1.807, 2.05) is 24.4 Å². The van der Waals surface area contributed by atoms with Crippen LogP contribution in [0.3, 0.4) is 0 Å². The van der Waals surface area contributed by atoms with Crippen molar-refractivity contribution >= 4 is 22.3 Å². The van der Waals surface area contributed by atoms with Gasteiger partial charge in [-0.05, 0) is 24.1 Å². The monoisotopic (exact) mass is 281 g/mol. The molecule has 0 spiro atoms. The number of hydrogen-bond acceptors (Lipinski definition) is 3. The molecule has 2 N–H and O–H groups in total. The number of para-hydroxylation sites is 3. The average molecular weight is 281 g/mol. The fraction of sp³-hybridized carbons (Fsp3) is 0.125. The normalized spacial score (nSPS) is 10.7. The van der Waals surface area contributed by atoms with Crippen molar-refractivity contribution in [1.82, 2.24) is 4.98 Å². The van der Waals surface area contributed by atoms with Crippen LogP contribution in [-0.2, 0) is 6.42 Å². The molecule has 3 rings (SSSR count). The summed E-state index contributed by atoms with van der Waals surface area (Å²) in [5.41, 5.74) is 2.98. The van der Waals surface area contributed by atoms with Gasteiger partial charge in [-0.1, -0.05) is 30.3 Å². The number of aromatic amines is 1. The van der Waals surface area contributed by atoms with Gasteiger partial charge in [-0.2, -0.15) is 0 Å². The first-order valence-electron chi connectivity index (χ1n) is 6.78. The van der Waals surface area contributed by atoms with Gasteiger partial charge in [0.1, 0.15) is 5.69 Å². The molecular formula is C16H15N3O2. The number of hydrogen-bond donors (Lipinski definition) is 2. The standard InChI is InChI=1S/C16H15N3O2/c20-19(21)16-8-4-3-7-15(16)17-10-9-12-11-18-14-6-2-1-5-13(12)14/h1-8,11,17-18H,9-10H2. The largest absolute Gasteiger partial charge is 0.379 e. The lowest BCUT2D eigenvalue weighted by Crippen LogP contribution is -2.06. The molecule has 0 unspecified atom stereocenters. The van der Waals surface area contributed by atoms with Gasteiger partial charge in [0.15, 0.2) is 0 Å². The van der Waals surface area contributed by atoms with E-state index >= 15 is 0 Å². The van der Waals surface area contributed by atoms with Crippen LogP contribution in [0.4, 0.5) is 11.4 Å². The van der Waals surface area contributed by atoms with Gasteiger partial charge in [0, 0.05) is 29.7 Å². The number of nitrogens with one attached hydrogen (secondary N) is 2. The van der Waals surface area contributed by atoms with E-state index in [4.69, 9.17) is 0 Å². The van der Waals surface area contributed by atoms with E-state index in [0.29, 0.717) is 12.2 Å². The summed E-state index contributed by atoms with van der Waals surface area (Å²) in [5.74, 6) is 0. The molecule has 106 valence electrons. The predicted molar refractivity (Wildman–Crippen MR) is 83.6 cm³/mol. The number of nitrogens with zero attached hydrogens (tertiary/aromatic N) is 1. The van der Waals surface area contributed by atoms with Crippen molar-refractivity contribution in [3.8, 4) is 0 Å². The van der Waals surface area contributed by atoms with Gasteiger partial charge in [-0.15, -0.1) is 0 Å². The smallest absolute Gasteiger partial charge is 0.292 e. The highest BCUT2D eigenvalue weighted by Gasteiger charge is 2.11. The Balaban J connectivity index is 1.71. The molecule has 0 saturated carbocycles. The van der Waals surface area contributed by atoms with Gasteiger partial charge >= 0.3 is 0 Å². The number of nitro benzene ring substituents is 1. The van der Waals surface area contributed by atoms with Crippen LogP contribution in [0.15, 0.2) is 54.7 Å². The molecule has 0 bridgehead atoms. The number of anilines is 1. The Kier molecular flexibility index (Phi) is 3.55. The zero-order valence-electron chi connectivity index (χ0n) is 11.4. The maximum atomic E-state index is 10.9. The molecule has 3 aromatic rings. The minimum atomic E-state index is -0.367. The Labute approximate surface area is 121 Å². The minimum absolute atomic E-state index is 0.108. The van der Waals surface area contributed by atoms with Crippen molar-refractivity contribution < 1.29 is 4.92 Å². The highest BCUT2D eigenvalue weighted by molar-refractivity contribution is 5.83. The van der Waals surface area contributed by atoms with Crippen LogP contribution in [-0.4, -0.2) is 16.5 Å². The second-order valence-corrected chi connectivity index (χ2v) is 4.81. The molecule has 5 heteroatoms. The van der Waals surface area contributed by atoms with Gasteiger partial charge < -0.3 is 10.3 Å². The summed E-state index contributed by atoms with van der Waals surface area (Å²) in [6.07, 6.45) is 2.79. The molecule has 0 amide bonds. The van der Waals surface area contributed by atoms with E-state index in [2.05, 4.69) is 16.4 Å². The third-order valence-electron chi connectivity index (χ3n) is 3.49. The average Bonchev–Trinajstić information content (AvgIpc) is 2.91. The van der Waals surface area contributed by atoms with Crippen LogP contribution in [0.1, 0.15) is 5.56 Å². The first-order valence-corrected chi connectivity index (χ1v) is 6.78. The summed E-state index contributed by atoms with van der Waals surface area (Å²) < 4.78 is 0. The number of rotatable bonds is 5. The van der Waals surface area contributed by atoms with E-state index < -0.39 is 0 Å². The Bertz CT molecular complexity index is 780. The number of benzene rings is 2. The van der Waals surface area contributed by atoms with E-state index in [-0.39, 0.29) is 10.6 Å². The molecule has 0 aliphatic heterocycles. The van der Waals surface area contributed by atoms with E-state index in [0.717, 1.165) is 11.9 Å². The van der Waals surface area contributed by atoms with E-state index in [1.165, 1.54) is 17.0 Å². The van der Waals surface area contributed by atoms with Crippen LogP contribution >= 0.6 is 0 Å². The molecule has 0 fully saturated rings. The molecular weight excluding hydrogens is 266 g/mol. The number of nitro groups is 1. The van der Waals surface area contributed by atoms with E-state index in [1.54, 1.807) is 18.2 Å². The molecule has 1 heterocycles. The van der Waals surface area contributed by atoms with Crippen molar-refractivity contribution in [2.75, 3.05) is 11.9 Å². The molecule has 21 heavy (non-hydrogen) atoms. The predicted octanol–water partition coefficient (Wildman–Crippen LogP) is 3.73. The van der Waals surface area contributed by atoms with Crippen molar-refractivity contribution in [3.05, 3.63) is 70.4 Å². The highest BCUT2D eigenvalue weighted by Crippen LogP contribution is 2.23. The molecule has 1 aromatic heterocycles. The summed E-state index contributed by atoms with van der Waals surface area (Å²) in [6.45, 7) is 0.646. The summed E-state index contributed by atoms with van der Waals surface area (Å²) in [6, 6.07) is 14.8. The fourth-order valence-corrected chi connectivity index (χ4v) is 2.45. The lowest BCUT2D eigenvalue weighted by atomic mass is 10.1. The van der Waals surface area contributed by atoms with Gasteiger partial charge in [0.2, 0.25) is 0 Å². The zero-order valence-corrected chi connectivity index (χ0v) is 11.4. The topological polar surface area (TPSA) is 71.0 Å². The first-order chi connectivity index (χ1) is 10.3. The summed E-state index contributed by atoms with van der Waals surface area (Å²) in [7, 11) is 0. The van der Waals surface area contributed by atoms with Gasteiger partial charge in [-0.3, -0.25) is 10.1 Å². The van der Waals surface area contributed by atoms with Crippen molar-refractivity contribution in [3.63, 3.8) is 0 Å². The van der Waals surface area contributed by atoms with Crippen molar-refractivity contribution in [2.24, 2.45) is 0 Å². The summed E-state index contributed by atoms with van der Waals surface area (Å²) >= 11 is 0. The second kappa shape index (κ2) is 5.66. The SMILES string of the molecule is O=[N+]([O-])c1ccccc1NCCc1c[nH]c2ccccc12. The van der Waals surface area contributed by atoms with Crippen LogP contribution < -0.4 is 5.32 Å². The molecule has 5 nitrogen and oxygen atoms in total. The fourth-order valence-electron chi connectivity index (χ4n) is 2.45. The molecule has 0 aliphatic rings. The number of aromatic nitrogens is 1. The van der Waals surface area contributed by atoms with Crippen LogP contribution in [0.2, 0.25) is 0 Å². The van der Waals surface area contributed by atoms with Gasteiger partial charge in [0.25, 0.3) is 5.69 Å². The quantitative estimate of drug-likeness (QED) is 0.553.